The van der Waals surface area contributed by atoms with Crippen LogP contribution in [0.15, 0.2) is 18.2 Å². The normalized spacial score (nSPS) is 10.8. The zero-order chi connectivity index (χ0) is 15.2. The number of nitrogens with one attached hydrogen (secondary N) is 1. The second-order valence-electron chi connectivity index (χ2n) is 5.65. The summed E-state index contributed by atoms with van der Waals surface area (Å²) in [5.74, 6) is -0.324. The third kappa shape index (κ3) is 4.27. The van der Waals surface area contributed by atoms with Crippen LogP contribution in [0.25, 0.3) is 0 Å². The van der Waals surface area contributed by atoms with E-state index in [2.05, 4.69) is 25.2 Å². The molecule has 108 valence electrons. The lowest BCUT2D eigenvalue weighted by Crippen LogP contribution is -2.23. The molecular weight excluding hydrogens is 252 g/mol. The minimum Gasteiger partial charge on any atom is -0.465 e. The van der Waals surface area contributed by atoms with E-state index >= 15 is 0 Å². The van der Waals surface area contributed by atoms with Crippen LogP contribution in [0.1, 0.15) is 42.6 Å². The molecule has 1 aromatic rings. The molecule has 1 aromatic carbocycles. The van der Waals surface area contributed by atoms with Gasteiger partial charge in [0.1, 0.15) is 0 Å². The van der Waals surface area contributed by atoms with Crippen LogP contribution in [0.3, 0.4) is 0 Å². The molecule has 1 rings (SSSR count). The average molecular weight is 274 g/mol. The summed E-state index contributed by atoms with van der Waals surface area (Å²) < 4.78 is 4.77. The molecule has 0 aliphatic rings. The summed E-state index contributed by atoms with van der Waals surface area (Å²) in [6.07, 6.45) is 1.39. The van der Waals surface area contributed by atoms with E-state index in [1.807, 2.05) is 19.1 Å². The van der Waals surface area contributed by atoms with Crippen molar-refractivity contribution >= 4 is 11.7 Å². The third-order valence-corrected chi connectivity index (χ3v) is 3.41. The number of rotatable bonds is 6. The van der Waals surface area contributed by atoms with Gasteiger partial charge in [-0.1, -0.05) is 19.9 Å². The van der Waals surface area contributed by atoms with Gasteiger partial charge in [-0.2, -0.15) is 5.26 Å². The highest BCUT2D eigenvalue weighted by Gasteiger charge is 2.18. The zero-order valence-electron chi connectivity index (χ0n) is 12.6. The summed E-state index contributed by atoms with van der Waals surface area (Å²) in [6.45, 7) is 6.89. The number of anilines is 1. The fraction of sp³-hybridized carbons (Fsp3) is 0.500. The van der Waals surface area contributed by atoms with Crippen LogP contribution in [0.5, 0.6) is 0 Å². The van der Waals surface area contributed by atoms with Gasteiger partial charge in [0, 0.05) is 18.7 Å². The van der Waals surface area contributed by atoms with Crippen LogP contribution < -0.4 is 5.32 Å². The third-order valence-electron chi connectivity index (χ3n) is 3.41. The highest BCUT2D eigenvalue weighted by molar-refractivity contribution is 5.92. The van der Waals surface area contributed by atoms with E-state index in [-0.39, 0.29) is 11.4 Å². The summed E-state index contributed by atoms with van der Waals surface area (Å²) in [5, 5.41) is 12.0. The smallest absolute Gasteiger partial charge is 0.338 e. The van der Waals surface area contributed by atoms with E-state index in [1.54, 1.807) is 6.07 Å². The lowest BCUT2D eigenvalue weighted by atomic mass is 9.88. The molecule has 4 nitrogen and oxygen atoms in total. The fourth-order valence-corrected chi connectivity index (χ4v) is 1.98. The molecule has 0 aromatic heterocycles. The van der Waals surface area contributed by atoms with Gasteiger partial charge in [-0.3, -0.25) is 0 Å². The summed E-state index contributed by atoms with van der Waals surface area (Å²) in [6, 6.07) is 7.72. The Balaban J connectivity index is 2.79. The number of methoxy groups -OCH3 is 1. The van der Waals surface area contributed by atoms with Crippen LogP contribution in [0.4, 0.5) is 5.69 Å². The molecule has 4 heteroatoms. The Morgan fingerprint density at radius 3 is 2.75 bits per heavy atom. The predicted molar refractivity (Wildman–Crippen MR) is 79.6 cm³/mol. The topological polar surface area (TPSA) is 62.1 Å². The molecule has 0 aliphatic heterocycles. The van der Waals surface area contributed by atoms with Crippen molar-refractivity contribution in [1.29, 1.82) is 5.26 Å². The predicted octanol–water partition coefficient (Wildman–Crippen LogP) is 3.52. The molecule has 0 heterocycles. The highest BCUT2D eigenvalue weighted by atomic mass is 16.5. The van der Waals surface area contributed by atoms with E-state index in [0.29, 0.717) is 12.0 Å². The molecule has 0 radical (unpaired) electrons. The van der Waals surface area contributed by atoms with Crippen LogP contribution in [-0.4, -0.2) is 19.6 Å². The van der Waals surface area contributed by atoms with Crippen molar-refractivity contribution in [3.63, 3.8) is 0 Å². The van der Waals surface area contributed by atoms with E-state index in [0.717, 1.165) is 24.2 Å². The van der Waals surface area contributed by atoms with Gasteiger partial charge in [0.2, 0.25) is 0 Å². The molecule has 1 N–H and O–H groups in total. The summed E-state index contributed by atoms with van der Waals surface area (Å²) in [4.78, 5) is 11.6. The Kier molecular flexibility index (Phi) is 5.57. The first-order chi connectivity index (χ1) is 9.41. The molecule has 0 aliphatic carbocycles. The van der Waals surface area contributed by atoms with Gasteiger partial charge in [0.25, 0.3) is 0 Å². The number of benzene rings is 1. The number of carbonyl (C=O) groups is 1. The highest BCUT2D eigenvalue weighted by Crippen LogP contribution is 2.25. The van der Waals surface area contributed by atoms with Gasteiger partial charge in [-0.25, -0.2) is 4.79 Å². The first kappa shape index (κ1) is 16.0. The van der Waals surface area contributed by atoms with Crippen LogP contribution in [-0.2, 0) is 4.74 Å². The number of carbonyl (C=O) groups excluding carboxylic acids is 1. The largest absolute Gasteiger partial charge is 0.465 e. The van der Waals surface area contributed by atoms with Crippen molar-refractivity contribution in [2.24, 2.45) is 5.41 Å². The molecular formula is C16H22N2O2. The second kappa shape index (κ2) is 6.95. The molecule has 0 saturated heterocycles. The Morgan fingerprint density at radius 2 is 2.15 bits per heavy atom. The summed E-state index contributed by atoms with van der Waals surface area (Å²) in [7, 11) is 1.38. The fourth-order valence-electron chi connectivity index (χ4n) is 1.98. The summed E-state index contributed by atoms with van der Waals surface area (Å²) >= 11 is 0. The van der Waals surface area contributed by atoms with Crippen molar-refractivity contribution in [3.05, 3.63) is 29.3 Å². The standard InChI is InChI=1S/C16H22N2O2/c1-12-13(15(19)20-4)7-5-8-14(12)18-11-16(2,3)9-6-10-17/h5,7-8,18H,6,9,11H2,1-4H3. The van der Waals surface area contributed by atoms with Gasteiger partial charge < -0.3 is 10.1 Å². The SMILES string of the molecule is COC(=O)c1cccc(NCC(C)(C)CCC#N)c1C. The maximum Gasteiger partial charge on any atom is 0.338 e. The Hall–Kier alpha value is -2.02. The Labute approximate surface area is 120 Å². The van der Waals surface area contributed by atoms with Crippen molar-refractivity contribution in [2.45, 2.75) is 33.6 Å². The maximum absolute atomic E-state index is 11.6. The van der Waals surface area contributed by atoms with Crippen LogP contribution in [0.2, 0.25) is 0 Å². The van der Waals surface area contributed by atoms with Crippen molar-refractivity contribution < 1.29 is 9.53 Å². The van der Waals surface area contributed by atoms with E-state index in [1.165, 1.54) is 7.11 Å². The number of nitrogens with zero attached hydrogens (tertiary/aromatic N) is 1. The first-order valence-corrected chi connectivity index (χ1v) is 6.70. The second-order valence-corrected chi connectivity index (χ2v) is 5.65. The van der Waals surface area contributed by atoms with Crippen LogP contribution >= 0.6 is 0 Å². The average Bonchev–Trinajstić information content (AvgIpc) is 2.43. The van der Waals surface area contributed by atoms with Gasteiger partial charge in [0.15, 0.2) is 0 Å². The number of hydrogen-bond acceptors (Lipinski definition) is 4. The number of nitriles is 1. The number of esters is 1. The van der Waals surface area contributed by atoms with Crippen molar-refractivity contribution in [3.8, 4) is 6.07 Å². The lowest BCUT2D eigenvalue weighted by molar-refractivity contribution is 0.0600. The van der Waals surface area contributed by atoms with Gasteiger partial charge >= 0.3 is 5.97 Å². The molecule has 0 saturated carbocycles. The van der Waals surface area contributed by atoms with Gasteiger partial charge in [0.05, 0.1) is 18.7 Å². The van der Waals surface area contributed by atoms with Gasteiger partial charge in [-0.05, 0) is 36.5 Å². The number of hydrogen-bond donors (Lipinski definition) is 1. The molecule has 0 bridgehead atoms. The molecule has 0 spiro atoms. The lowest BCUT2D eigenvalue weighted by Gasteiger charge is -2.25. The van der Waals surface area contributed by atoms with Crippen molar-refractivity contribution in [1.82, 2.24) is 0 Å². The van der Waals surface area contributed by atoms with Crippen molar-refractivity contribution in [2.75, 3.05) is 19.0 Å². The van der Waals surface area contributed by atoms with Crippen LogP contribution in [0, 0.1) is 23.7 Å². The zero-order valence-corrected chi connectivity index (χ0v) is 12.6. The minimum atomic E-state index is -0.324. The monoisotopic (exact) mass is 274 g/mol. The maximum atomic E-state index is 11.6. The number of ether oxygens (including phenoxy) is 1. The Morgan fingerprint density at radius 1 is 1.45 bits per heavy atom. The molecule has 0 fully saturated rings. The summed E-state index contributed by atoms with van der Waals surface area (Å²) in [5.41, 5.74) is 2.42. The quantitative estimate of drug-likeness (QED) is 0.806. The first-order valence-electron chi connectivity index (χ1n) is 6.70. The van der Waals surface area contributed by atoms with E-state index in [4.69, 9.17) is 10.00 Å². The minimum absolute atomic E-state index is 0.0312. The molecule has 0 atom stereocenters. The molecule has 0 unspecified atom stereocenters. The van der Waals surface area contributed by atoms with E-state index in [9.17, 15) is 4.79 Å². The van der Waals surface area contributed by atoms with E-state index < -0.39 is 0 Å². The van der Waals surface area contributed by atoms with Gasteiger partial charge in [-0.15, -0.1) is 0 Å². The Bertz CT molecular complexity index is 516. The molecule has 20 heavy (non-hydrogen) atoms. The molecule has 0 amide bonds.